The highest BCUT2D eigenvalue weighted by Gasteiger charge is 2.37. The molecule has 0 amide bonds. The minimum absolute atomic E-state index is 0.208. The molecule has 7 heteroatoms. The number of nitrogens with one attached hydrogen (secondary N) is 1. The van der Waals surface area contributed by atoms with Gasteiger partial charge in [0, 0.05) is 37.4 Å². The Labute approximate surface area is 122 Å². The summed E-state index contributed by atoms with van der Waals surface area (Å²) in [6.07, 6.45) is 7.49. The first-order valence-electron chi connectivity index (χ1n) is 6.69. The van der Waals surface area contributed by atoms with Crippen molar-refractivity contribution in [2.45, 2.75) is 23.8 Å². The van der Waals surface area contributed by atoms with Crippen LogP contribution in [0, 0.1) is 0 Å². The van der Waals surface area contributed by atoms with Gasteiger partial charge in [0.1, 0.15) is 4.90 Å². The highest BCUT2D eigenvalue weighted by atomic mass is 32.2. The van der Waals surface area contributed by atoms with E-state index in [-0.39, 0.29) is 10.9 Å². The first-order chi connectivity index (χ1) is 10.1. The molecule has 1 fully saturated rings. The molecule has 1 aliphatic heterocycles. The normalized spacial score (nSPS) is 19.7. The van der Waals surface area contributed by atoms with Crippen molar-refractivity contribution >= 4 is 10.0 Å². The van der Waals surface area contributed by atoms with Crippen LogP contribution in [0.25, 0.3) is 0 Å². The molecule has 21 heavy (non-hydrogen) atoms. The molecule has 1 saturated heterocycles. The molecule has 110 valence electrons. The van der Waals surface area contributed by atoms with Crippen molar-refractivity contribution in [3.05, 3.63) is 58.8 Å². The van der Waals surface area contributed by atoms with Crippen molar-refractivity contribution in [2.24, 2.45) is 0 Å². The SMILES string of the molecule is O=c1cc[nH]cc1S(=O)(=O)N1CCCC1c1cccnc1. The van der Waals surface area contributed by atoms with E-state index in [1.54, 1.807) is 18.5 Å². The Hall–Kier alpha value is -1.99. The molecule has 0 saturated carbocycles. The van der Waals surface area contributed by atoms with Crippen LogP contribution in [-0.2, 0) is 10.0 Å². The van der Waals surface area contributed by atoms with E-state index in [4.69, 9.17) is 0 Å². The van der Waals surface area contributed by atoms with Crippen molar-refractivity contribution in [1.82, 2.24) is 14.3 Å². The van der Waals surface area contributed by atoms with E-state index in [0.717, 1.165) is 18.4 Å². The van der Waals surface area contributed by atoms with Crippen LogP contribution < -0.4 is 5.43 Å². The Morgan fingerprint density at radius 2 is 2.19 bits per heavy atom. The third kappa shape index (κ3) is 2.50. The average molecular weight is 305 g/mol. The van der Waals surface area contributed by atoms with Crippen LogP contribution in [0.2, 0.25) is 0 Å². The van der Waals surface area contributed by atoms with Crippen LogP contribution in [0.4, 0.5) is 0 Å². The van der Waals surface area contributed by atoms with Gasteiger partial charge in [-0.2, -0.15) is 4.31 Å². The number of hydrogen-bond acceptors (Lipinski definition) is 4. The molecule has 1 atom stereocenters. The quantitative estimate of drug-likeness (QED) is 0.926. The van der Waals surface area contributed by atoms with E-state index in [9.17, 15) is 13.2 Å². The van der Waals surface area contributed by atoms with Gasteiger partial charge in [0.25, 0.3) is 0 Å². The van der Waals surface area contributed by atoms with E-state index in [1.165, 1.54) is 22.8 Å². The van der Waals surface area contributed by atoms with Crippen LogP contribution in [0.1, 0.15) is 24.4 Å². The molecule has 3 rings (SSSR count). The third-order valence-electron chi connectivity index (χ3n) is 3.65. The fraction of sp³-hybridized carbons (Fsp3) is 0.286. The molecule has 1 N–H and O–H groups in total. The van der Waals surface area contributed by atoms with Crippen LogP contribution in [0.3, 0.4) is 0 Å². The molecule has 1 aliphatic rings. The summed E-state index contributed by atoms with van der Waals surface area (Å²) < 4.78 is 26.8. The monoisotopic (exact) mass is 305 g/mol. The van der Waals surface area contributed by atoms with E-state index >= 15 is 0 Å². The Morgan fingerprint density at radius 1 is 1.33 bits per heavy atom. The van der Waals surface area contributed by atoms with Gasteiger partial charge in [-0.15, -0.1) is 0 Å². The summed E-state index contributed by atoms with van der Waals surface area (Å²) in [6.45, 7) is 0.413. The zero-order valence-corrected chi connectivity index (χ0v) is 12.1. The summed E-state index contributed by atoms with van der Waals surface area (Å²) in [5.74, 6) is 0. The number of rotatable bonds is 3. The van der Waals surface area contributed by atoms with Gasteiger partial charge in [-0.25, -0.2) is 8.42 Å². The number of sulfonamides is 1. The Balaban J connectivity index is 2.03. The number of pyridine rings is 2. The topological polar surface area (TPSA) is 83.1 Å². The zero-order valence-electron chi connectivity index (χ0n) is 11.3. The van der Waals surface area contributed by atoms with E-state index in [2.05, 4.69) is 9.97 Å². The first kappa shape index (κ1) is 14.0. The van der Waals surface area contributed by atoms with Crippen molar-refractivity contribution < 1.29 is 8.42 Å². The molecule has 0 radical (unpaired) electrons. The van der Waals surface area contributed by atoms with Gasteiger partial charge in [0.15, 0.2) is 0 Å². The number of hydrogen-bond donors (Lipinski definition) is 1. The fourth-order valence-corrected chi connectivity index (χ4v) is 4.39. The fourth-order valence-electron chi connectivity index (χ4n) is 2.66. The highest BCUT2D eigenvalue weighted by Crippen LogP contribution is 2.35. The molecule has 6 nitrogen and oxygen atoms in total. The smallest absolute Gasteiger partial charge is 0.248 e. The molecule has 0 aliphatic carbocycles. The summed E-state index contributed by atoms with van der Waals surface area (Å²) in [6, 6.07) is 4.61. The highest BCUT2D eigenvalue weighted by molar-refractivity contribution is 7.89. The lowest BCUT2D eigenvalue weighted by Gasteiger charge is -2.23. The summed E-state index contributed by atoms with van der Waals surface area (Å²) >= 11 is 0. The Kier molecular flexibility index (Phi) is 3.60. The summed E-state index contributed by atoms with van der Waals surface area (Å²) in [5.41, 5.74) is 0.358. The van der Waals surface area contributed by atoms with Gasteiger partial charge in [-0.1, -0.05) is 6.07 Å². The van der Waals surface area contributed by atoms with Gasteiger partial charge in [0.2, 0.25) is 15.5 Å². The standard InChI is InChI=1S/C14H15N3O3S/c18-13-5-7-16-10-14(13)21(19,20)17-8-2-4-12(17)11-3-1-6-15-9-11/h1,3,5-7,9-10,12H,2,4,8H2,(H,16,18). The summed E-state index contributed by atoms with van der Waals surface area (Å²) in [5, 5.41) is 0. The summed E-state index contributed by atoms with van der Waals surface area (Å²) in [4.78, 5) is 18.3. The predicted octanol–water partition coefficient (Wildman–Crippen LogP) is 1.30. The van der Waals surface area contributed by atoms with Crippen molar-refractivity contribution in [3.63, 3.8) is 0 Å². The zero-order chi connectivity index (χ0) is 14.9. The molecule has 0 spiro atoms. The van der Waals surface area contributed by atoms with Gasteiger partial charge >= 0.3 is 0 Å². The maximum atomic E-state index is 12.7. The second kappa shape index (κ2) is 5.42. The molecule has 2 aromatic heterocycles. The van der Waals surface area contributed by atoms with Crippen LogP contribution in [0.15, 0.2) is 52.7 Å². The molecule has 0 aromatic carbocycles. The van der Waals surface area contributed by atoms with Crippen LogP contribution in [0.5, 0.6) is 0 Å². The average Bonchev–Trinajstić information content (AvgIpc) is 2.99. The largest absolute Gasteiger partial charge is 0.366 e. The second-order valence-corrected chi connectivity index (χ2v) is 6.79. The lowest BCUT2D eigenvalue weighted by atomic mass is 10.1. The molecule has 0 bridgehead atoms. The van der Waals surface area contributed by atoms with E-state index in [0.29, 0.717) is 6.54 Å². The maximum absolute atomic E-state index is 12.7. The molecular formula is C14H15N3O3S. The second-order valence-electron chi connectivity index (χ2n) is 4.93. The van der Waals surface area contributed by atoms with Crippen molar-refractivity contribution in [3.8, 4) is 0 Å². The van der Waals surface area contributed by atoms with Crippen LogP contribution in [-0.4, -0.2) is 29.2 Å². The minimum Gasteiger partial charge on any atom is -0.366 e. The first-order valence-corrected chi connectivity index (χ1v) is 8.13. The predicted molar refractivity (Wildman–Crippen MR) is 77.2 cm³/mol. The third-order valence-corrected chi connectivity index (χ3v) is 5.58. The van der Waals surface area contributed by atoms with Gasteiger partial charge in [-0.3, -0.25) is 9.78 Å². The van der Waals surface area contributed by atoms with Gasteiger partial charge < -0.3 is 4.98 Å². The van der Waals surface area contributed by atoms with Crippen LogP contribution >= 0.6 is 0 Å². The minimum atomic E-state index is -3.80. The Bertz CT molecular complexity index is 786. The summed E-state index contributed by atoms with van der Waals surface area (Å²) in [7, 11) is -3.80. The molecule has 3 heterocycles. The molecule has 1 unspecified atom stereocenters. The van der Waals surface area contributed by atoms with Gasteiger partial charge in [-0.05, 0) is 24.5 Å². The maximum Gasteiger partial charge on any atom is 0.248 e. The lowest BCUT2D eigenvalue weighted by molar-refractivity contribution is 0.395. The lowest BCUT2D eigenvalue weighted by Crippen LogP contribution is -2.33. The Morgan fingerprint density at radius 3 is 2.90 bits per heavy atom. The number of nitrogens with zero attached hydrogens (tertiary/aromatic N) is 2. The number of aromatic nitrogens is 2. The van der Waals surface area contributed by atoms with Crippen molar-refractivity contribution in [1.29, 1.82) is 0 Å². The van der Waals surface area contributed by atoms with Crippen molar-refractivity contribution in [2.75, 3.05) is 6.54 Å². The molecular weight excluding hydrogens is 290 g/mol. The number of H-pyrrole nitrogens is 1. The number of aromatic amines is 1. The van der Waals surface area contributed by atoms with E-state index in [1.807, 2.05) is 6.07 Å². The van der Waals surface area contributed by atoms with Gasteiger partial charge in [0.05, 0.1) is 6.04 Å². The van der Waals surface area contributed by atoms with E-state index < -0.39 is 15.5 Å². The molecule has 2 aromatic rings.